The van der Waals surface area contributed by atoms with Crippen LogP contribution in [-0.4, -0.2) is 43.0 Å². The molecule has 142 valence electrons. The second kappa shape index (κ2) is 9.54. The van der Waals surface area contributed by atoms with Crippen LogP contribution >= 0.6 is 11.6 Å². The maximum atomic E-state index is 11.7. The van der Waals surface area contributed by atoms with E-state index in [0.717, 1.165) is 0 Å². The van der Waals surface area contributed by atoms with Gasteiger partial charge in [0.05, 0.1) is 12.1 Å². The minimum absolute atomic E-state index is 0.125. The van der Waals surface area contributed by atoms with E-state index in [1.54, 1.807) is 12.1 Å². The molecule has 0 aliphatic carbocycles. The minimum Gasteiger partial charge on any atom is -0.493 e. The molecule has 1 N–H and O–H groups in total. The first-order chi connectivity index (χ1) is 12.9. The summed E-state index contributed by atoms with van der Waals surface area (Å²) in [6.07, 6.45) is 1.38. The third-order valence-electron chi connectivity index (χ3n) is 3.27. The number of rotatable bonds is 8. The van der Waals surface area contributed by atoms with Crippen LogP contribution in [-0.2, 0) is 14.3 Å². The number of carbonyl (C=O) groups excluding carboxylic acids is 3. The molecule has 0 saturated carbocycles. The highest BCUT2D eigenvalue weighted by atomic mass is 35.5. The molecule has 0 atom stereocenters. The van der Waals surface area contributed by atoms with Gasteiger partial charge in [-0.1, -0.05) is 11.6 Å². The maximum absolute atomic E-state index is 11.7. The van der Waals surface area contributed by atoms with Gasteiger partial charge in [0.2, 0.25) is 0 Å². The first kappa shape index (κ1) is 20.2. The molecule has 0 spiro atoms. The lowest BCUT2D eigenvalue weighted by molar-refractivity contribution is -0.149. The fraction of sp³-hybridized carbons (Fsp3) is 0.222. The summed E-state index contributed by atoms with van der Waals surface area (Å²) in [7, 11) is 1.42. The average molecular weight is 393 g/mol. The van der Waals surface area contributed by atoms with Crippen LogP contribution in [0.15, 0.2) is 36.5 Å². The summed E-state index contributed by atoms with van der Waals surface area (Å²) in [5, 5.41) is 2.89. The Kier molecular flexibility index (Phi) is 7.13. The van der Waals surface area contributed by atoms with Crippen molar-refractivity contribution in [2.45, 2.75) is 6.92 Å². The Labute approximate surface area is 160 Å². The lowest BCUT2D eigenvalue weighted by Gasteiger charge is -2.11. The van der Waals surface area contributed by atoms with E-state index in [1.807, 2.05) is 0 Å². The SMILES string of the molecule is COc1cc(C(C)=O)ccc1OCC(=O)OCC(=O)Nc1ccc(Cl)cn1. The summed E-state index contributed by atoms with van der Waals surface area (Å²) < 4.78 is 15.3. The number of Topliss-reactive ketones (excluding diaryl/α,β-unsaturated/α-hetero) is 1. The fourth-order valence-electron chi connectivity index (χ4n) is 1.96. The molecule has 0 fully saturated rings. The third kappa shape index (κ3) is 6.27. The quantitative estimate of drug-likeness (QED) is 0.543. The third-order valence-corrected chi connectivity index (χ3v) is 3.50. The fourth-order valence-corrected chi connectivity index (χ4v) is 2.07. The van der Waals surface area contributed by atoms with Crippen LogP contribution in [0.1, 0.15) is 17.3 Å². The second-order valence-electron chi connectivity index (χ2n) is 5.28. The highest BCUT2D eigenvalue weighted by Gasteiger charge is 2.12. The number of nitrogens with zero attached hydrogens (tertiary/aromatic N) is 1. The molecule has 0 bridgehead atoms. The largest absolute Gasteiger partial charge is 0.493 e. The zero-order chi connectivity index (χ0) is 19.8. The number of hydrogen-bond acceptors (Lipinski definition) is 7. The zero-order valence-electron chi connectivity index (χ0n) is 14.7. The van der Waals surface area contributed by atoms with Crippen LogP contribution in [0.5, 0.6) is 11.5 Å². The summed E-state index contributed by atoms with van der Waals surface area (Å²) in [6, 6.07) is 7.66. The number of hydrogen-bond donors (Lipinski definition) is 1. The van der Waals surface area contributed by atoms with Crippen LogP contribution in [0.2, 0.25) is 5.02 Å². The van der Waals surface area contributed by atoms with Crippen LogP contribution in [0.4, 0.5) is 5.82 Å². The minimum atomic E-state index is -0.744. The Morgan fingerprint density at radius 1 is 1.11 bits per heavy atom. The molecule has 0 radical (unpaired) electrons. The number of amides is 1. The first-order valence-corrected chi connectivity index (χ1v) is 8.15. The van der Waals surface area contributed by atoms with Gasteiger partial charge >= 0.3 is 5.97 Å². The highest BCUT2D eigenvalue weighted by Crippen LogP contribution is 2.28. The Balaban J connectivity index is 1.81. The molecule has 27 heavy (non-hydrogen) atoms. The van der Waals surface area contributed by atoms with E-state index < -0.39 is 25.1 Å². The first-order valence-electron chi connectivity index (χ1n) is 7.78. The van der Waals surface area contributed by atoms with Crippen molar-refractivity contribution in [3.63, 3.8) is 0 Å². The van der Waals surface area contributed by atoms with Crippen molar-refractivity contribution in [3.05, 3.63) is 47.1 Å². The van der Waals surface area contributed by atoms with Gasteiger partial charge in [0.25, 0.3) is 5.91 Å². The van der Waals surface area contributed by atoms with E-state index in [-0.39, 0.29) is 17.4 Å². The molecule has 0 aliphatic heterocycles. The van der Waals surface area contributed by atoms with Crippen LogP contribution in [0, 0.1) is 0 Å². The summed E-state index contributed by atoms with van der Waals surface area (Å²) in [6.45, 7) is 0.506. The summed E-state index contributed by atoms with van der Waals surface area (Å²) in [4.78, 5) is 38.7. The Bertz CT molecular complexity index is 838. The summed E-state index contributed by atoms with van der Waals surface area (Å²) >= 11 is 5.70. The maximum Gasteiger partial charge on any atom is 0.344 e. The van der Waals surface area contributed by atoms with E-state index in [0.29, 0.717) is 16.3 Å². The smallest absolute Gasteiger partial charge is 0.344 e. The number of ether oxygens (including phenoxy) is 3. The summed E-state index contributed by atoms with van der Waals surface area (Å²) in [5.41, 5.74) is 0.453. The Morgan fingerprint density at radius 3 is 2.52 bits per heavy atom. The number of aromatic nitrogens is 1. The van der Waals surface area contributed by atoms with Crippen molar-refractivity contribution in [2.24, 2.45) is 0 Å². The molecule has 8 nitrogen and oxygen atoms in total. The van der Waals surface area contributed by atoms with E-state index in [2.05, 4.69) is 10.3 Å². The molecule has 2 aromatic rings. The summed E-state index contributed by atoms with van der Waals surface area (Å²) in [5.74, 6) is -0.558. The van der Waals surface area contributed by atoms with Gasteiger partial charge in [0.15, 0.2) is 30.5 Å². The number of halogens is 1. The number of ketones is 1. The van der Waals surface area contributed by atoms with Gasteiger partial charge in [-0.2, -0.15) is 0 Å². The molecular formula is C18H17ClN2O6. The van der Waals surface area contributed by atoms with Crippen molar-refractivity contribution in [3.8, 4) is 11.5 Å². The predicted molar refractivity (Wildman–Crippen MR) is 97.3 cm³/mol. The standard InChI is InChI=1S/C18H17ClN2O6/c1-11(22)12-3-5-14(15(7-12)25-2)26-10-18(24)27-9-17(23)21-16-6-4-13(19)8-20-16/h3-8H,9-10H2,1-2H3,(H,20,21,23). The molecule has 1 aromatic heterocycles. The van der Waals surface area contributed by atoms with E-state index in [4.69, 9.17) is 25.8 Å². The Hall–Kier alpha value is -3.13. The second-order valence-corrected chi connectivity index (χ2v) is 5.72. The molecule has 0 saturated heterocycles. The van der Waals surface area contributed by atoms with Crippen molar-refractivity contribution >= 4 is 35.1 Å². The molecular weight excluding hydrogens is 376 g/mol. The molecule has 1 aromatic carbocycles. The van der Waals surface area contributed by atoms with Gasteiger partial charge in [-0.15, -0.1) is 0 Å². The van der Waals surface area contributed by atoms with Crippen molar-refractivity contribution in [1.82, 2.24) is 4.98 Å². The molecule has 2 rings (SSSR count). The number of nitrogens with one attached hydrogen (secondary N) is 1. The van der Waals surface area contributed by atoms with Crippen molar-refractivity contribution in [1.29, 1.82) is 0 Å². The van der Waals surface area contributed by atoms with E-state index in [1.165, 1.54) is 38.4 Å². The monoisotopic (exact) mass is 392 g/mol. The normalized spacial score (nSPS) is 10.0. The van der Waals surface area contributed by atoms with Crippen LogP contribution < -0.4 is 14.8 Å². The van der Waals surface area contributed by atoms with Gasteiger partial charge in [-0.3, -0.25) is 9.59 Å². The Morgan fingerprint density at radius 2 is 1.89 bits per heavy atom. The lowest BCUT2D eigenvalue weighted by Crippen LogP contribution is -2.24. The van der Waals surface area contributed by atoms with Gasteiger partial charge < -0.3 is 19.5 Å². The molecule has 0 unspecified atom stereocenters. The van der Waals surface area contributed by atoms with Gasteiger partial charge in [-0.25, -0.2) is 9.78 Å². The van der Waals surface area contributed by atoms with Gasteiger partial charge in [-0.05, 0) is 37.3 Å². The number of pyridine rings is 1. The van der Waals surface area contributed by atoms with Crippen LogP contribution in [0.3, 0.4) is 0 Å². The van der Waals surface area contributed by atoms with E-state index in [9.17, 15) is 14.4 Å². The van der Waals surface area contributed by atoms with E-state index >= 15 is 0 Å². The van der Waals surface area contributed by atoms with Gasteiger partial charge in [0, 0.05) is 11.8 Å². The average Bonchev–Trinajstić information content (AvgIpc) is 2.66. The zero-order valence-corrected chi connectivity index (χ0v) is 15.4. The molecule has 0 aliphatic rings. The number of benzene rings is 1. The number of carbonyl (C=O) groups is 3. The molecule has 1 amide bonds. The van der Waals surface area contributed by atoms with Crippen molar-refractivity contribution in [2.75, 3.05) is 25.6 Å². The number of anilines is 1. The number of esters is 1. The topological polar surface area (TPSA) is 104 Å². The molecule has 9 heteroatoms. The van der Waals surface area contributed by atoms with Gasteiger partial charge in [0.1, 0.15) is 5.82 Å². The van der Waals surface area contributed by atoms with Crippen LogP contribution in [0.25, 0.3) is 0 Å². The predicted octanol–water partition coefficient (Wildman–Crippen LogP) is 2.51. The lowest BCUT2D eigenvalue weighted by atomic mass is 10.1. The van der Waals surface area contributed by atoms with Crippen molar-refractivity contribution < 1.29 is 28.6 Å². The number of methoxy groups -OCH3 is 1. The highest BCUT2D eigenvalue weighted by molar-refractivity contribution is 6.30. The molecule has 1 heterocycles.